The van der Waals surface area contributed by atoms with Crippen LogP contribution < -0.4 is 10.5 Å². The van der Waals surface area contributed by atoms with E-state index in [0.29, 0.717) is 5.69 Å². The van der Waals surface area contributed by atoms with Crippen molar-refractivity contribution in [1.82, 2.24) is 4.31 Å². The van der Waals surface area contributed by atoms with E-state index in [0.717, 1.165) is 5.57 Å². The molecule has 2 N–H and O–H groups in total. The number of sulfonamides is 1. The highest BCUT2D eigenvalue weighted by Crippen LogP contribution is 2.28. The van der Waals surface area contributed by atoms with Gasteiger partial charge in [0.25, 0.3) is 0 Å². The largest absolute Gasteiger partial charge is 0.495 e. The van der Waals surface area contributed by atoms with Gasteiger partial charge in [-0.15, -0.1) is 0 Å². The molecule has 0 aliphatic rings. The highest BCUT2D eigenvalue weighted by molar-refractivity contribution is 7.89. The molecule has 0 saturated heterocycles. The van der Waals surface area contributed by atoms with Gasteiger partial charge >= 0.3 is 0 Å². The predicted octanol–water partition coefficient (Wildman–Crippen LogP) is 1.47. The van der Waals surface area contributed by atoms with Gasteiger partial charge in [-0.2, -0.15) is 4.31 Å². The molecule has 1 rings (SSSR count). The lowest BCUT2D eigenvalue weighted by Crippen LogP contribution is -2.28. The van der Waals surface area contributed by atoms with Gasteiger partial charge in [-0.05, 0) is 25.1 Å². The van der Waals surface area contributed by atoms with Crippen LogP contribution >= 0.6 is 0 Å². The highest BCUT2D eigenvalue weighted by Gasteiger charge is 2.24. The molecule has 0 heterocycles. The van der Waals surface area contributed by atoms with Crippen molar-refractivity contribution < 1.29 is 13.2 Å². The van der Waals surface area contributed by atoms with Crippen molar-refractivity contribution in [3.05, 3.63) is 30.4 Å². The van der Waals surface area contributed by atoms with Gasteiger partial charge in [-0.3, -0.25) is 0 Å². The third-order valence-corrected chi connectivity index (χ3v) is 4.19. The number of nitrogen functional groups attached to an aromatic ring is 1. The third-order valence-electron chi connectivity index (χ3n) is 2.37. The van der Waals surface area contributed by atoms with Crippen LogP contribution in [0.1, 0.15) is 6.92 Å². The van der Waals surface area contributed by atoms with E-state index >= 15 is 0 Å². The van der Waals surface area contributed by atoms with Crippen molar-refractivity contribution in [2.45, 2.75) is 11.8 Å². The first-order chi connectivity index (χ1) is 8.28. The Hall–Kier alpha value is -1.53. The minimum absolute atomic E-state index is 0.0637. The molecular formula is C12H18N2O3S. The minimum atomic E-state index is -3.63. The molecular weight excluding hydrogens is 252 g/mol. The summed E-state index contributed by atoms with van der Waals surface area (Å²) in [5.41, 5.74) is 6.75. The van der Waals surface area contributed by atoms with Crippen LogP contribution in [0.15, 0.2) is 35.2 Å². The maximum atomic E-state index is 12.3. The van der Waals surface area contributed by atoms with Gasteiger partial charge in [0.15, 0.2) is 0 Å². The van der Waals surface area contributed by atoms with E-state index in [9.17, 15) is 8.42 Å². The number of nitrogens with two attached hydrogens (primary N) is 1. The van der Waals surface area contributed by atoms with Crippen LogP contribution in [0.2, 0.25) is 0 Å². The summed E-state index contributed by atoms with van der Waals surface area (Å²) in [6.07, 6.45) is 0. The van der Waals surface area contributed by atoms with Gasteiger partial charge in [0.1, 0.15) is 10.6 Å². The number of nitrogens with zero attached hydrogens (tertiary/aromatic N) is 1. The van der Waals surface area contributed by atoms with E-state index in [1.165, 1.54) is 30.6 Å². The molecule has 0 fully saturated rings. The van der Waals surface area contributed by atoms with Crippen molar-refractivity contribution in [1.29, 1.82) is 0 Å². The summed E-state index contributed by atoms with van der Waals surface area (Å²) < 4.78 is 31.0. The predicted molar refractivity (Wildman–Crippen MR) is 72.0 cm³/mol. The average molecular weight is 270 g/mol. The molecule has 1 aromatic carbocycles. The fourth-order valence-electron chi connectivity index (χ4n) is 1.53. The Balaban J connectivity index is 3.27. The number of rotatable bonds is 5. The van der Waals surface area contributed by atoms with Crippen LogP contribution in [0.3, 0.4) is 0 Å². The van der Waals surface area contributed by atoms with Crippen molar-refractivity contribution in [2.75, 3.05) is 26.4 Å². The molecule has 0 aliphatic heterocycles. The molecule has 0 aliphatic carbocycles. The standard InChI is InChI=1S/C12H18N2O3S/c1-9(2)8-14(3)18(15,16)12-7-10(13)5-6-11(12)17-4/h5-7H,1,8,13H2,2-4H3. The molecule has 0 aromatic heterocycles. The molecule has 0 atom stereocenters. The Morgan fingerprint density at radius 1 is 1.50 bits per heavy atom. The number of anilines is 1. The third kappa shape index (κ3) is 3.02. The van der Waals surface area contributed by atoms with E-state index in [-0.39, 0.29) is 17.2 Å². The zero-order valence-corrected chi connectivity index (χ0v) is 11.6. The normalized spacial score (nSPS) is 11.6. The minimum Gasteiger partial charge on any atom is -0.495 e. The molecule has 18 heavy (non-hydrogen) atoms. The highest BCUT2D eigenvalue weighted by atomic mass is 32.2. The summed E-state index contributed by atoms with van der Waals surface area (Å²) in [5.74, 6) is 0.276. The average Bonchev–Trinajstić information content (AvgIpc) is 2.28. The molecule has 0 unspecified atom stereocenters. The molecule has 6 heteroatoms. The van der Waals surface area contributed by atoms with E-state index in [1.807, 2.05) is 0 Å². The number of benzene rings is 1. The number of ether oxygens (including phenoxy) is 1. The molecule has 0 spiro atoms. The maximum Gasteiger partial charge on any atom is 0.246 e. The Kier molecular flexibility index (Phi) is 4.37. The van der Waals surface area contributed by atoms with Crippen LogP contribution in [-0.2, 0) is 10.0 Å². The Morgan fingerprint density at radius 2 is 2.11 bits per heavy atom. The summed E-state index contributed by atoms with van der Waals surface area (Å²) in [7, 11) is -0.719. The fraction of sp³-hybridized carbons (Fsp3) is 0.333. The molecule has 1 aromatic rings. The first kappa shape index (κ1) is 14.5. The van der Waals surface area contributed by atoms with E-state index < -0.39 is 10.0 Å². The number of likely N-dealkylation sites (N-methyl/N-ethyl adjacent to an activating group) is 1. The Bertz CT molecular complexity index is 552. The van der Waals surface area contributed by atoms with Gasteiger partial charge in [0.05, 0.1) is 7.11 Å². The molecule has 0 bridgehead atoms. The van der Waals surface area contributed by atoms with E-state index in [1.54, 1.807) is 13.0 Å². The van der Waals surface area contributed by atoms with Crippen LogP contribution in [-0.4, -0.2) is 33.4 Å². The number of hydrogen-bond acceptors (Lipinski definition) is 4. The van der Waals surface area contributed by atoms with E-state index in [4.69, 9.17) is 10.5 Å². The second-order valence-electron chi connectivity index (χ2n) is 4.13. The SMILES string of the molecule is C=C(C)CN(C)S(=O)(=O)c1cc(N)ccc1OC. The van der Waals surface area contributed by atoms with Crippen molar-refractivity contribution in [2.24, 2.45) is 0 Å². The number of hydrogen-bond donors (Lipinski definition) is 1. The topological polar surface area (TPSA) is 72.6 Å². The Labute approximate surface area is 108 Å². The van der Waals surface area contributed by atoms with Crippen LogP contribution in [0.5, 0.6) is 5.75 Å². The first-order valence-electron chi connectivity index (χ1n) is 5.33. The van der Waals surface area contributed by atoms with Gasteiger partial charge in [-0.1, -0.05) is 12.2 Å². The molecule has 5 nitrogen and oxygen atoms in total. The van der Waals surface area contributed by atoms with Gasteiger partial charge in [0.2, 0.25) is 10.0 Å². The lowest BCUT2D eigenvalue weighted by molar-refractivity contribution is 0.399. The molecule has 0 amide bonds. The Morgan fingerprint density at radius 3 is 2.61 bits per heavy atom. The second-order valence-corrected chi connectivity index (χ2v) is 6.14. The lowest BCUT2D eigenvalue weighted by atomic mass is 10.3. The van der Waals surface area contributed by atoms with Gasteiger partial charge < -0.3 is 10.5 Å². The summed E-state index contributed by atoms with van der Waals surface area (Å²) >= 11 is 0. The molecule has 100 valence electrons. The summed E-state index contributed by atoms with van der Waals surface area (Å²) in [5, 5.41) is 0. The van der Waals surface area contributed by atoms with Crippen LogP contribution in [0.4, 0.5) is 5.69 Å². The fourth-order valence-corrected chi connectivity index (χ4v) is 2.94. The van der Waals surface area contributed by atoms with Crippen molar-refractivity contribution in [3.63, 3.8) is 0 Å². The first-order valence-corrected chi connectivity index (χ1v) is 6.77. The summed E-state index contributed by atoms with van der Waals surface area (Å²) in [6, 6.07) is 4.52. The second kappa shape index (κ2) is 5.41. The zero-order valence-electron chi connectivity index (χ0n) is 10.8. The van der Waals surface area contributed by atoms with Crippen LogP contribution in [0.25, 0.3) is 0 Å². The quantitative estimate of drug-likeness (QED) is 0.649. The summed E-state index contributed by atoms with van der Waals surface area (Å²) in [6.45, 7) is 5.72. The maximum absolute atomic E-state index is 12.3. The van der Waals surface area contributed by atoms with Crippen molar-refractivity contribution >= 4 is 15.7 Å². The number of methoxy groups -OCH3 is 1. The van der Waals surface area contributed by atoms with Gasteiger partial charge in [-0.25, -0.2) is 8.42 Å². The monoisotopic (exact) mass is 270 g/mol. The molecule has 0 saturated carbocycles. The molecule has 0 radical (unpaired) electrons. The van der Waals surface area contributed by atoms with Crippen molar-refractivity contribution in [3.8, 4) is 5.75 Å². The zero-order chi connectivity index (χ0) is 13.9. The van der Waals surface area contributed by atoms with Crippen LogP contribution in [0, 0.1) is 0 Å². The smallest absolute Gasteiger partial charge is 0.246 e. The van der Waals surface area contributed by atoms with Gasteiger partial charge in [0, 0.05) is 19.3 Å². The van der Waals surface area contributed by atoms with E-state index in [2.05, 4.69) is 6.58 Å². The summed E-state index contributed by atoms with van der Waals surface area (Å²) in [4.78, 5) is 0.0637. The lowest BCUT2D eigenvalue weighted by Gasteiger charge is -2.19.